The van der Waals surface area contributed by atoms with Gasteiger partial charge in [-0.3, -0.25) is 4.98 Å². The molecule has 0 amide bonds. The van der Waals surface area contributed by atoms with Gasteiger partial charge < -0.3 is 4.74 Å². The van der Waals surface area contributed by atoms with Crippen LogP contribution in [0.4, 0.5) is 0 Å². The third-order valence-electron chi connectivity index (χ3n) is 2.52. The summed E-state index contributed by atoms with van der Waals surface area (Å²) in [5, 5.41) is 0. The maximum atomic E-state index is 5.81. The van der Waals surface area contributed by atoms with Crippen molar-refractivity contribution in [2.24, 2.45) is 0 Å². The van der Waals surface area contributed by atoms with Crippen LogP contribution in [0.2, 0.25) is 0 Å². The van der Waals surface area contributed by atoms with Crippen molar-refractivity contribution < 1.29 is 4.74 Å². The first kappa shape index (κ1) is 13.3. The lowest BCUT2D eigenvalue weighted by Gasteiger charge is -2.08. The third-order valence-corrected chi connectivity index (χ3v) is 2.81. The number of hydrogen-bond donors (Lipinski definition) is 0. The van der Waals surface area contributed by atoms with Crippen LogP contribution in [-0.2, 0) is 5.88 Å². The van der Waals surface area contributed by atoms with E-state index in [0.29, 0.717) is 5.88 Å². The van der Waals surface area contributed by atoms with Crippen LogP contribution in [0.1, 0.15) is 44.6 Å². The fourth-order valence-electron chi connectivity index (χ4n) is 1.54. The zero-order valence-electron chi connectivity index (χ0n) is 9.92. The Bertz CT molecular complexity index is 291. The molecule has 0 saturated carbocycles. The van der Waals surface area contributed by atoms with Gasteiger partial charge in [-0.1, -0.05) is 32.6 Å². The minimum atomic E-state index is 0.480. The van der Waals surface area contributed by atoms with Crippen molar-refractivity contribution in [3.63, 3.8) is 0 Å². The van der Waals surface area contributed by atoms with E-state index in [9.17, 15) is 0 Å². The second kappa shape index (κ2) is 8.40. The summed E-state index contributed by atoms with van der Waals surface area (Å²) < 4.78 is 5.66. The quantitative estimate of drug-likeness (QED) is 0.503. The number of alkyl halides is 1. The van der Waals surface area contributed by atoms with E-state index in [4.69, 9.17) is 16.3 Å². The summed E-state index contributed by atoms with van der Waals surface area (Å²) >= 11 is 5.81. The first-order valence-electron chi connectivity index (χ1n) is 6.00. The van der Waals surface area contributed by atoms with Crippen LogP contribution in [0.5, 0.6) is 5.75 Å². The van der Waals surface area contributed by atoms with Crippen LogP contribution in [0.3, 0.4) is 0 Å². The second-order valence-electron chi connectivity index (χ2n) is 3.88. The Balaban J connectivity index is 2.21. The molecule has 1 aromatic heterocycles. The van der Waals surface area contributed by atoms with Gasteiger partial charge in [-0.25, -0.2) is 0 Å². The van der Waals surface area contributed by atoms with E-state index in [-0.39, 0.29) is 0 Å². The molecule has 0 radical (unpaired) electrons. The Morgan fingerprint density at radius 3 is 2.81 bits per heavy atom. The number of halogens is 1. The van der Waals surface area contributed by atoms with Crippen molar-refractivity contribution >= 4 is 11.6 Å². The number of unbranched alkanes of at least 4 members (excludes halogenated alkanes) is 4. The SMILES string of the molecule is CCCCCCCOc1cnccc1CCl. The predicted octanol–water partition coefficient (Wildman–Crippen LogP) is 4.17. The van der Waals surface area contributed by atoms with E-state index >= 15 is 0 Å². The van der Waals surface area contributed by atoms with E-state index < -0.39 is 0 Å². The van der Waals surface area contributed by atoms with Crippen molar-refractivity contribution in [1.29, 1.82) is 0 Å². The van der Waals surface area contributed by atoms with Crippen molar-refractivity contribution in [2.75, 3.05) is 6.61 Å². The summed E-state index contributed by atoms with van der Waals surface area (Å²) in [7, 11) is 0. The zero-order chi connectivity index (χ0) is 11.6. The monoisotopic (exact) mass is 241 g/mol. The van der Waals surface area contributed by atoms with Crippen LogP contribution in [0.15, 0.2) is 18.5 Å². The molecule has 0 aliphatic carbocycles. The summed E-state index contributed by atoms with van der Waals surface area (Å²) in [6.07, 6.45) is 9.73. The van der Waals surface area contributed by atoms with Crippen LogP contribution in [-0.4, -0.2) is 11.6 Å². The Hall–Kier alpha value is -0.760. The number of hydrogen-bond acceptors (Lipinski definition) is 2. The molecule has 1 heterocycles. The topological polar surface area (TPSA) is 22.1 Å². The molecule has 16 heavy (non-hydrogen) atoms. The van der Waals surface area contributed by atoms with E-state index in [1.165, 1.54) is 25.7 Å². The molecule has 0 aromatic carbocycles. The van der Waals surface area contributed by atoms with Gasteiger partial charge in [0.1, 0.15) is 5.75 Å². The average Bonchev–Trinajstić information content (AvgIpc) is 2.34. The number of pyridine rings is 1. The second-order valence-corrected chi connectivity index (χ2v) is 4.15. The van der Waals surface area contributed by atoms with E-state index in [0.717, 1.165) is 24.3 Å². The fraction of sp³-hybridized carbons (Fsp3) is 0.615. The Labute approximate surface area is 103 Å². The van der Waals surface area contributed by atoms with Gasteiger partial charge in [0.25, 0.3) is 0 Å². The number of nitrogens with zero attached hydrogens (tertiary/aromatic N) is 1. The zero-order valence-corrected chi connectivity index (χ0v) is 10.7. The summed E-state index contributed by atoms with van der Waals surface area (Å²) in [6, 6.07) is 1.90. The standard InChI is InChI=1S/C13H20ClNO/c1-2-3-4-5-6-9-16-13-11-15-8-7-12(13)10-14/h7-8,11H,2-6,9-10H2,1H3. The predicted molar refractivity (Wildman–Crippen MR) is 68.0 cm³/mol. The molecule has 0 atom stereocenters. The van der Waals surface area contributed by atoms with Gasteiger partial charge in [-0.2, -0.15) is 0 Å². The van der Waals surface area contributed by atoms with Gasteiger partial charge in [-0.15, -0.1) is 11.6 Å². The highest BCUT2D eigenvalue weighted by Crippen LogP contribution is 2.18. The Kier molecular flexibility index (Phi) is 6.98. The first-order chi connectivity index (χ1) is 7.88. The van der Waals surface area contributed by atoms with Crippen molar-refractivity contribution in [2.45, 2.75) is 44.9 Å². The Morgan fingerprint density at radius 1 is 1.25 bits per heavy atom. The number of rotatable bonds is 8. The normalized spacial score (nSPS) is 10.4. The lowest BCUT2D eigenvalue weighted by molar-refractivity contribution is 0.301. The third kappa shape index (κ3) is 4.84. The molecule has 3 heteroatoms. The maximum Gasteiger partial charge on any atom is 0.141 e. The molecule has 0 saturated heterocycles. The molecule has 0 aliphatic rings. The van der Waals surface area contributed by atoms with Gasteiger partial charge in [0.15, 0.2) is 0 Å². The van der Waals surface area contributed by atoms with Gasteiger partial charge in [0.2, 0.25) is 0 Å². The van der Waals surface area contributed by atoms with E-state index in [2.05, 4.69) is 11.9 Å². The summed E-state index contributed by atoms with van der Waals surface area (Å²) in [5.74, 6) is 1.31. The average molecular weight is 242 g/mol. The summed E-state index contributed by atoms with van der Waals surface area (Å²) in [6.45, 7) is 2.98. The van der Waals surface area contributed by atoms with E-state index in [1.807, 2.05) is 6.07 Å². The molecule has 90 valence electrons. The lowest BCUT2D eigenvalue weighted by Crippen LogP contribution is -2.00. The molecule has 1 rings (SSSR count). The molecule has 1 aromatic rings. The van der Waals surface area contributed by atoms with Gasteiger partial charge in [-0.05, 0) is 12.5 Å². The molecule has 0 spiro atoms. The smallest absolute Gasteiger partial charge is 0.141 e. The fourth-order valence-corrected chi connectivity index (χ4v) is 1.76. The maximum absolute atomic E-state index is 5.81. The van der Waals surface area contributed by atoms with Crippen LogP contribution in [0, 0.1) is 0 Å². The minimum Gasteiger partial charge on any atom is -0.492 e. The summed E-state index contributed by atoms with van der Waals surface area (Å²) in [5.41, 5.74) is 1.02. The largest absolute Gasteiger partial charge is 0.492 e. The number of ether oxygens (including phenoxy) is 1. The minimum absolute atomic E-state index is 0.480. The molecular formula is C13H20ClNO. The van der Waals surface area contributed by atoms with E-state index in [1.54, 1.807) is 12.4 Å². The highest BCUT2D eigenvalue weighted by molar-refractivity contribution is 6.17. The molecule has 0 fully saturated rings. The van der Waals surface area contributed by atoms with Crippen molar-refractivity contribution in [1.82, 2.24) is 4.98 Å². The summed E-state index contributed by atoms with van der Waals surface area (Å²) in [4.78, 5) is 4.04. The highest BCUT2D eigenvalue weighted by Gasteiger charge is 2.01. The van der Waals surface area contributed by atoms with Gasteiger partial charge >= 0.3 is 0 Å². The van der Waals surface area contributed by atoms with Crippen molar-refractivity contribution in [3.8, 4) is 5.75 Å². The number of aromatic nitrogens is 1. The molecular weight excluding hydrogens is 222 g/mol. The first-order valence-corrected chi connectivity index (χ1v) is 6.53. The van der Waals surface area contributed by atoms with Crippen LogP contribution < -0.4 is 4.74 Å². The van der Waals surface area contributed by atoms with Gasteiger partial charge in [0, 0.05) is 11.8 Å². The van der Waals surface area contributed by atoms with Crippen molar-refractivity contribution in [3.05, 3.63) is 24.0 Å². The van der Waals surface area contributed by atoms with Gasteiger partial charge in [0.05, 0.1) is 18.7 Å². The van der Waals surface area contributed by atoms with Crippen LogP contribution >= 0.6 is 11.6 Å². The lowest BCUT2D eigenvalue weighted by atomic mass is 10.2. The molecule has 0 aliphatic heterocycles. The van der Waals surface area contributed by atoms with Crippen LogP contribution in [0.25, 0.3) is 0 Å². The molecule has 0 bridgehead atoms. The highest BCUT2D eigenvalue weighted by atomic mass is 35.5. The molecule has 2 nitrogen and oxygen atoms in total. The molecule has 0 N–H and O–H groups in total. The molecule has 0 unspecified atom stereocenters. The Morgan fingerprint density at radius 2 is 2.06 bits per heavy atom.